The second kappa shape index (κ2) is 10.3. The Morgan fingerprint density at radius 1 is 1.42 bits per heavy atom. The quantitative estimate of drug-likeness (QED) is 0.144. The van der Waals surface area contributed by atoms with Crippen LogP contribution in [0.25, 0.3) is 0 Å². The molecule has 1 aromatic heterocycles. The molecule has 1 unspecified atom stereocenters. The van der Waals surface area contributed by atoms with Gasteiger partial charge in [0.15, 0.2) is 0 Å². The van der Waals surface area contributed by atoms with Crippen LogP contribution in [-0.4, -0.2) is 106 Å². The van der Waals surface area contributed by atoms with Gasteiger partial charge in [-0.3, -0.25) is 19.3 Å². The topological polar surface area (TPSA) is 203 Å². The van der Waals surface area contributed by atoms with Crippen LogP contribution in [0, 0.1) is 0 Å². The number of hydrogen-bond donors (Lipinski definition) is 4. The molecule has 2 aliphatic rings. The van der Waals surface area contributed by atoms with Crippen molar-refractivity contribution < 1.29 is 34.1 Å². The predicted octanol–water partition coefficient (Wildman–Crippen LogP) is -1.84. The molecular formula is C16H21N7O7S3. The standard InChI is InChI=1S/C16H21N7O7S3/c1-22-15(19-20-21-22)33-4-7-3-32-14-16(30-2,13(29)23(14)10(7)12(27)28)18-9(24)6-31-5-8(17)11(25)26/h8,14H,3-6,17H2,1-2H3,(H,18,24)(H,25,26)(H,27,28)/t8?,14-,16+/m1/s1. The Balaban J connectivity index is 1.70. The first kappa shape index (κ1) is 25.3. The fourth-order valence-corrected chi connectivity index (χ4v) is 6.34. The van der Waals surface area contributed by atoms with Crippen molar-refractivity contribution >= 4 is 59.0 Å². The van der Waals surface area contributed by atoms with Gasteiger partial charge in [0.05, 0.1) is 5.75 Å². The van der Waals surface area contributed by atoms with Crippen LogP contribution in [0.3, 0.4) is 0 Å². The van der Waals surface area contributed by atoms with Gasteiger partial charge in [0, 0.05) is 31.4 Å². The summed E-state index contributed by atoms with van der Waals surface area (Å²) in [6.45, 7) is 0. The first-order valence-corrected chi connectivity index (χ1v) is 12.5. The van der Waals surface area contributed by atoms with Gasteiger partial charge in [0.25, 0.3) is 11.6 Å². The Labute approximate surface area is 200 Å². The molecule has 3 heterocycles. The Morgan fingerprint density at radius 3 is 2.73 bits per heavy atom. The van der Waals surface area contributed by atoms with E-state index in [1.807, 2.05) is 0 Å². The molecule has 1 saturated heterocycles. The molecule has 2 aliphatic heterocycles. The zero-order chi connectivity index (χ0) is 24.3. The van der Waals surface area contributed by atoms with Crippen LogP contribution in [-0.2, 0) is 31.0 Å². The molecule has 0 saturated carbocycles. The molecule has 3 rings (SSSR count). The van der Waals surface area contributed by atoms with Crippen LogP contribution in [0.15, 0.2) is 16.4 Å². The molecule has 0 bridgehead atoms. The van der Waals surface area contributed by atoms with Crippen molar-refractivity contribution in [2.45, 2.75) is 22.3 Å². The Bertz CT molecular complexity index is 1000. The summed E-state index contributed by atoms with van der Waals surface area (Å²) >= 11 is 3.50. The van der Waals surface area contributed by atoms with Crippen molar-refractivity contribution in [1.82, 2.24) is 30.4 Å². The van der Waals surface area contributed by atoms with Crippen molar-refractivity contribution in [3.8, 4) is 0 Å². The van der Waals surface area contributed by atoms with E-state index >= 15 is 0 Å². The summed E-state index contributed by atoms with van der Waals surface area (Å²) in [5.74, 6) is -3.32. The second-order valence-electron chi connectivity index (χ2n) is 6.92. The molecule has 14 nitrogen and oxygen atoms in total. The maximum Gasteiger partial charge on any atom is 0.352 e. The molecule has 17 heteroatoms. The van der Waals surface area contributed by atoms with Crippen molar-refractivity contribution in [2.75, 3.05) is 30.1 Å². The maximum absolute atomic E-state index is 13.0. The number of carboxylic acids is 2. The summed E-state index contributed by atoms with van der Waals surface area (Å²) in [6, 6.07) is -1.12. The van der Waals surface area contributed by atoms with E-state index in [1.165, 1.54) is 35.3 Å². The van der Waals surface area contributed by atoms with E-state index in [0.717, 1.165) is 16.7 Å². The Morgan fingerprint density at radius 2 is 2.15 bits per heavy atom. The number of carbonyl (C=O) groups is 4. The van der Waals surface area contributed by atoms with E-state index in [2.05, 4.69) is 20.8 Å². The molecule has 0 spiro atoms. The van der Waals surface area contributed by atoms with E-state index in [9.17, 15) is 24.3 Å². The largest absolute Gasteiger partial charge is 0.480 e. The highest BCUT2D eigenvalue weighted by molar-refractivity contribution is 8.01. The van der Waals surface area contributed by atoms with Crippen LogP contribution in [0.2, 0.25) is 0 Å². The SMILES string of the molecule is CO[C@@]1(NC(=O)CSCC(N)C(=O)O)C(=O)N2C(C(=O)O)=C(CSc3nnnn3C)CS[C@@H]21. The average molecular weight is 520 g/mol. The lowest BCUT2D eigenvalue weighted by molar-refractivity contribution is -0.192. The van der Waals surface area contributed by atoms with Gasteiger partial charge in [0.1, 0.15) is 17.1 Å². The van der Waals surface area contributed by atoms with Crippen LogP contribution in [0.4, 0.5) is 0 Å². The molecule has 0 aromatic carbocycles. The number of ether oxygens (including phenoxy) is 1. The smallest absolute Gasteiger partial charge is 0.352 e. The first-order chi connectivity index (χ1) is 15.6. The highest BCUT2D eigenvalue weighted by Gasteiger charge is 2.66. The number of aliphatic carboxylic acids is 2. The molecular weight excluding hydrogens is 498 g/mol. The van der Waals surface area contributed by atoms with Gasteiger partial charge in [-0.1, -0.05) is 11.8 Å². The van der Waals surface area contributed by atoms with Gasteiger partial charge in [0.2, 0.25) is 11.1 Å². The van der Waals surface area contributed by atoms with E-state index < -0.39 is 40.9 Å². The normalized spacial score (nSPS) is 23.1. The fraction of sp³-hybridized carbons (Fsp3) is 0.562. The van der Waals surface area contributed by atoms with Gasteiger partial charge in [-0.05, 0) is 16.0 Å². The Kier molecular flexibility index (Phi) is 7.88. The number of hydrogen-bond acceptors (Lipinski definition) is 12. The molecule has 0 aliphatic carbocycles. The minimum absolute atomic E-state index is 0.00888. The molecule has 1 fully saturated rings. The summed E-state index contributed by atoms with van der Waals surface area (Å²) in [5, 5.41) is 31.9. The van der Waals surface area contributed by atoms with Crippen LogP contribution < -0.4 is 11.1 Å². The molecule has 5 N–H and O–H groups in total. The third-order valence-electron chi connectivity index (χ3n) is 4.76. The lowest BCUT2D eigenvalue weighted by Gasteiger charge is -2.55. The van der Waals surface area contributed by atoms with Gasteiger partial charge in [-0.2, -0.15) is 0 Å². The van der Waals surface area contributed by atoms with E-state index in [4.69, 9.17) is 15.6 Å². The number of carbonyl (C=O) groups excluding carboxylic acids is 2. The summed E-state index contributed by atoms with van der Waals surface area (Å²) in [4.78, 5) is 49.3. The van der Waals surface area contributed by atoms with Crippen LogP contribution in [0.5, 0.6) is 0 Å². The van der Waals surface area contributed by atoms with Gasteiger partial charge < -0.3 is 26.0 Å². The monoisotopic (exact) mass is 519 g/mol. The number of methoxy groups -OCH3 is 1. The summed E-state index contributed by atoms with van der Waals surface area (Å²) in [5.41, 5.74) is 4.05. The zero-order valence-corrected chi connectivity index (χ0v) is 19.9. The molecule has 0 radical (unpaired) electrons. The third-order valence-corrected chi connectivity index (χ3v) is 8.30. The van der Waals surface area contributed by atoms with Gasteiger partial charge in [-0.15, -0.1) is 28.6 Å². The number of nitrogens with zero attached hydrogens (tertiary/aromatic N) is 5. The van der Waals surface area contributed by atoms with Crippen LogP contribution >= 0.6 is 35.3 Å². The van der Waals surface area contributed by atoms with Crippen molar-refractivity contribution in [3.05, 3.63) is 11.3 Å². The summed E-state index contributed by atoms with van der Waals surface area (Å²) < 4.78 is 6.82. The number of aromatic nitrogens is 4. The lowest BCUT2D eigenvalue weighted by atomic mass is 9.98. The van der Waals surface area contributed by atoms with Gasteiger partial charge >= 0.3 is 11.9 Å². The molecule has 3 atom stereocenters. The van der Waals surface area contributed by atoms with E-state index in [-0.39, 0.29) is 28.7 Å². The zero-order valence-electron chi connectivity index (χ0n) is 17.5. The minimum atomic E-state index is -1.72. The first-order valence-electron chi connectivity index (χ1n) is 9.30. The average Bonchev–Trinajstić information content (AvgIpc) is 3.19. The maximum atomic E-state index is 13.0. The van der Waals surface area contributed by atoms with Gasteiger partial charge in [-0.25, -0.2) is 9.48 Å². The molecule has 33 heavy (non-hydrogen) atoms. The lowest BCUT2D eigenvalue weighted by Crippen LogP contribution is -2.80. The number of β-lactam (4-membered cyclic amide) rings is 1. The fourth-order valence-electron chi connectivity index (χ4n) is 3.14. The summed E-state index contributed by atoms with van der Waals surface area (Å²) in [6.07, 6.45) is 0. The molecule has 180 valence electrons. The number of carboxylic acid groups (broad SMARTS) is 2. The summed E-state index contributed by atoms with van der Waals surface area (Å²) in [7, 11) is 2.91. The molecule has 1 aromatic rings. The van der Waals surface area contributed by atoms with Crippen molar-refractivity contribution in [3.63, 3.8) is 0 Å². The highest BCUT2D eigenvalue weighted by Crippen LogP contribution is 2.47. The van der Waals surface area contributed by atoms with Crippen LogP contribution in [0.1, 0.15) is 0 Å². The molecule has 2 amide bonds. The second-order valence-corrected chi connectivity index (χ2v) is 9.96. The Hall–Kier alpha value is -2.34. The van der Waals surface area contributed by atoms with Crippen molar-refractivity contribution in [2.24, 2.45) is 12.8 Å². The number of fused-ring (bicyclic) bond motifs is 1. The third kappa shape index (κ3) is 4.96. The number of tetrazole rings is 1. The predicted molar refractivity (Wildman–Crippen MR) is 118 cm³/mol. The number of nitrogens with one attached hydrogen (secondary N) is 1. The number of nitrogens with two attached hydrogens (primary N) is 1. The van der Waals surface area contributed by atoms with E-state index in [1.54, 1.807) is 7.05 Å². The van der Waals surface area contributed by atoms with E-state index in [0.29, 0.717) is 10.7 Å². The highest BCUT2D eigenvalue weighted by atomic mass is 32.2. The number of thioether (sulfide) groups is 3. The number of rotatable bonds is 11. The minimum Gasteiger partial charge on any atom is -0.480 e. The number of aryl methyl sites for hydroxylation is 1. The van der Waals surface area contributed by atoms with Crippen molar-refractivity contribution in [1.29, 1.82) is 0 Å². The number of amides is 2.